The van der Waals surface area contributed by atoms with Gasteiger partial charge in [0.1, 0.15) is 5.76 Å². The zero-order valence-electron chi connectivity index (χ0n) is 15.7. The largest absolute Gasteiger partial charge is 0.467 e. The Bertz CT molecular complexity index is 860. The highest BCUT2D eigenvalue weighted by molar-refractivity contribution is 5.84. The molecule has 3 N–H and O–H groups in total. The number of carbonyl (C=O) groups is 2. The molecule has 7 nitrogen and oxygen atoms in total. The lowest BCUT2D eigenvalue weighted by atomic mass is 10.0. The fraction of sp³-hybridized carbons (Fsp3) is 0.238. The summed E-state index contributed by atoms with van der Waals surface area (Å²) >= 11 is 0. The lowest BCUT2D eigenvalue weighted by Crippen LogP contribution is -2.87. The van der Waals surface area contributed by atoms with Gasteiger partial charge in [0, 0.05) is 12.6 Å². The van der Waals surface area contributed by atoms with Crippen molar-refractivity contribution >= 4 is 11.8 Å². The lowest BCUT2D eigenvalue weighted by Gasteiger charge is -2.18. The van der Waals surface area contributed by atoms with Gasteiger partial charge in [-0.15, -0.1) is 0 Å². The second-order valence-corrected chi connectivity index (χ2v) is 6.45. The van der Waals surface area contributed by atoms with Crippen LogP contribution in [-0.2, 0) is 16.1 Å². The molecule has 0 radical (unpaired) electrons. The molecule has 0 aliphatic rings. The van der Waals surface area contributed by atoms with Crippen LogP contribution >= 0.6 is 0 Å². The smallest absolute Gasteiger partial charge is 0.277 e. The summed E-state index contributed by atoms with van der Waals surface area (Å²) in [6, 6.07) is 17.0. The molecule has 28 heavy (non-hydrogen) atoms. The Kier molecular flexibility index (Phi) is 6.64. The molecule has 0 aliphatic heterocycles. The summed E-state index contributed by atoms with van der Waals surface area (Å²) in [5.41, 5.74) is 1.05. The van der Waals surface area contributed by atoms with Crippen molar-refractivity contribution in [3.8, 4) is 0 Å². The Balaban J connectivity index is 1.51. The standard InChI is InChI=1S/C21H23N3O4/c1-24(15-19(25)22-13-17-9-5-11-27-17)20(26)14-23-21(18-10-6-12-28-18)16-7-3-2-4-8-16/h2-12,21,23H,13-15H2,1H3,(H,22,25)/p+1/t21-/m0/s1. The van der Waals surface area contributed by atoms with Gasteiger partial charge in [-0.3, -0.25) is 9.59 Å². The maximum Gasteiger partial charge on any atom is 0.277 e. The number of carbonyl (C=O) groups excluding carboxylic acids is 2. The number of likely N-dealkylation sites (N-methyl/N-ethyl adjacent to an activating group) is 1. The van der Waals surface area contributed by atoms with Gasteiger partial charge in [-0.05, 0) is 24.3 Å². The average Bonchev–Trinajstić information content (AvgIpc) is 3.41. The van der Waals surface area contributed by atoms with E-state index in [4.69, 9.17) is 8.83 Å². The Morgan fingerprint density at radius 1 is 1.04 bits per heavy atom. The molecule has 1 aromatic carbocycles. The van der Waals surface area contributed by atoms with Crippen molar-refractivity contribution in [1.82, 2.24) is 10.2 Å². The van der Waals surface area contributed by atoms with Crippen LogP contribution in [0.5, 0.6) is 0 Å². The highest BCUT2D eigenvalue weighted by Gasteiger charge is 2.23. The number of nitrogens with zero attached hydrogens (tertiary/aromatic N) is 1. The summed E-state index contributed by atoms with van der Waals surface area (Å²) in [5, 5.41) is 4.64. The van der Waals surface area contributed by atoms with E-state index < -0.39 is 0 Å². The average molecular weight is 382 g/mol. The lowest BCUT2D eigenvalue weighted by molar-refractivity contribution is -0.679. The summed E-state index contributed by atoms with van der Waals surface area (Å²) in [4.78, 5) is 25.9. The molecule has 2 amide bonds. The van der Waals surface area contributed by atoms with Crippen LogP contribution < -0.4 is 10.6 Å². The first-order chi connectivity index (χ1) is 13.6. The maximum absolute atomic E-state index is 12.5. The Morgan fingerprint density at radius 3 is 2.46 bits per heavy atom. The van der Waals surface area contributed by atoms with Crippen molar-refractivity contribution < 1.29 is 23.7 Å². The molecule has 0 fully saturated rings. The summed E-state index contributed by atoms with van der Waals surface area (Å²) in [6.45, 7) is 0.487. The fourth-order valence-corrected chi connectivity index (χ4v) is 2.88. The van der Waals surface area contributed by atoms with E-state index in [9.17, 15) is 9.59 Å². The molecule has 2 aromatic heterocycles. The van der Waals surface area contributed by atoms with Gasteiger partial charge in [0.2, 0.25) is 5.91 Å². The molecule has 1 atom stereocenters. The Morgan fingerprint density at radius 2 is 1.79 bits per heavy atom. The van der Waals surface area contributed by atoms with Gasteiger partial charge in [-0.2, -0.15) is 0 Å². The molecule has 3 aromatic rings. The summed E-state index contributed by atoms with van der Waals surface area (Å²) in [7, 11) is 1.62. The molecular formula is C21H24N3O4+. The van der Waals surface area contributed by atoms with Gasteiger partial charge >= 0.3 is 0 Å². The van der Waals surface area contributed by atoms with Gasteiger partial charge in [-0.25, -0.2) is 0 Å². The number of rotatable bonds is 9. The van der Waals surface area contributed by atoms with E-state index in [0.717, 1.165) is 11.3 Å². The van der Waals surface area contributed by atoms with Crippen LogP contribution in [0, 0.1) is 0 Å². The highest BCUT2D eigenvalue weighted by atomic mass is 16.3. The molecule has 0 aliphatic carbocycles. The van der Waals surface area contributed by atoms with Crippen LogP contribution in [0.1, 0.15) is 23.1 Å². The predicted molar refractivity (Wildman–Crippen MR) is 102 cm³/mol. The van der Waals surface area contributed by atoms with E-state index in [1.54, 1.807) is 31.7 Å². The monoisotopic (exact) mass is 382 g/mol. The molecule has 146 valence electrons. The molecule has 0 saturated carbocycles. The second kappa shape index (κ2) is 9.57. The van der Waals surface area contributed by atoms with E-state index in [2.05, 4.69) is 5.32 Å². The second-order valence-electron chi connectivity index (χ2n) is 6.45. The number of amides is 2. The van der Waals surface area contributed by atoms with Crippen molar-refractivity contribution in [3.05, 3.63) is 84.2 Å². The normalized spacial score (nSPS) is 11.8. The van der Waals surface area contributed by atoms with E-state index in [-0.39, 0.29) is 30.9 Å². The number of furan rings is 2. The zero-order chi connectivity index (χ0) is 19.8. The maximum atomic E-state index is 12.5. The summed E-state index contributed by atoms with van der Waals surface area (Å²) in [5.74, 6) is 1.07. The first-order valence-corrected chi connectivity index (χ1v) is 9.08. The first kappa shape index (κ1) is 19.4. The highest BCUT2D eigenvalue weighted by Crippen LogP contribution is 2.18. The van der Waals surface area contributed by atoms with E-state index in [1.807, 2.05) is 47.8 Å². The first-order valence-electron chi connectivity index (χ1n) is 9.08. The van der Waals surface area contributed by atoms with Gasteiger partial charge in [-0.1, -0.05) is 30.3 Å². The molecule has 0 spiro atoms. The number of hydrogen-bond donors (Lipinski definition) is 2. The van der Waals surface area contributed by atoms with Gasteiger partial charge in [0.15, 0.2) is 18.3 Å². The third-order valence-electron chi connectivity index (χ3n) is 4.38. The fourth-order valence-electron chi connectivity index (χ4n) is 2.88. The molecule has 3 rings (SSSR count). The van der Waals surface area contributed by atoms with Crippen LogP contribution in [0.2, 0.25) is 0 Å². The van der Waals surface area contributed by atoms with Crippen LogP contribution in [0.3, 0.4) is 0 Å². The van der Waals surface area contributed by atoms with E-state index in [0.29, 0.717) is 12.3 Å². The van der Waals surface area contributed by atoms with Gasteiger partial charge < -0.3 is 24.4 Å². The summed E-state index contributed by atoms with van der Waals surface area (Å²) < 4.78 is 10.7. The van der Waals surface area contributed by atoms with Crippen LogP contribution in [-0.4, -0.2) is 36.9 Å². The molecule has 0 saturated heterocycles. The minimum atomic E-state index is -0.238. The third-order valence-corrected chi connectivity index (χ3v) is 4.38. The van der Waals surface area contributed by atoms with Crippen LogP contribution in [0.15, 0.2) is 76.0 Å². The van der Waals surface area contributed by atoms with Gasteiger partial charge in [0.05, 0.1) is 25.6 Å². The number of hydrogen-bond acceptors (Lipinski definition) is 4. The Hall–Kier alpha value is -3.32. The predicted octanol–water partition coefficient (Wildman–Crippen LogP) is 1.30. The van der Waals surface area contributed by atoms with Crippen LogP contribution in [0.25, 0.3) is 0 Å². The number of quaternary nitrogens is 1. The molecular weight excluding hydrogens is 358 g/mol. The quantitative estimate of drug-likeness (QED) is 0.583. The molecule has 2 heterocycles. The minimum absolute atomic E-state index is 0.00978. The number of nitrogens with one attached hydrogen (secondary N) is 1. The van der Waals surface area contributed by atoms with Gasteiger partial charge in [0.25, 0.3) is 5.91 Å². The molecule has 7 heteroatoms. The third kappa shape index (κ3) is 5.34. The molecule has 0 unspecified atom stereocenters. The number of benzene rings is 1. The minimum Gasteiger partial charge on any atom is -0.467 e. The van der Waals surface area contributed by atoms with Crippen molar-refractivity contribution in [2.75, 3.05) is 20.1 Å². The number of nitrogens with two attached hydrogens (primary N) is 1. The van der Waals surface area contributed by atoms with Crippen LogP contribution in [0.4, 0.5) is 0 Å². The van der Waals surface area contributed by atoms with Crippen molar-refractivity contribution in [2.24, 2.45) is 0 Å². The summed E-state index contributed by atoms with van der Waals surface area (Å²) in [6.07, 6.45) is 3.17. The van der Waals surface area contributed by atoms with Crippen molar-refractivity contribution in [1.29, 1.82) is 0 Å². The zero-order valence-corrected chi connectivity index (χ0v) is 15.7. The van der Waals surface area contributed by atoms with E-state index in [1.165, 1.54) is 4.90 Å². The topological polar surface area (TPSA) is 92.3 Å². The molecule has 0 bridgehead atoms. The van der Waals surface area contributed by atoms with Crippen molar-refractivity contribution in [3.63, 3.8) is 0 Å². The van der Waals surface area contributed by atoms with E-state index >= 15 is 0 Å². The van der Waals surface area contributed by atoms with Crippen molar-refractivity contribution in [2.45, 2.75) is 12.6 Å². The Labute approximate surface area is 163 Å². The SMILES string of the molecule is CN(CC(=O)NCc1ccco1)C(=O)C[NH2+][C@@H](c1ccccc1)c1ccco1.